The standard InChI is InChI=1S/C18H31N3O2/c1-3-4-5-6-7-8-9-10-11-12-17-20-13-14-21(17,16(2)19)15-18(22)23/h7-8,13-14,16H,3-6,9-12,15,19H2,1-2H3/p+1/b8-7+. The van der Waals surface area contributed by atoms with E-state index in [-0.39, 0.29) is 17.2 Å². The topological polar surface area (TPSA) is 75.7 Å². The van der Waals surface area contributed by atoms with E-state index in [1.807, 2.05) is 13.1 Å². The van der Waals surface area contributed by atoms with E-state index in [4.69, 9.17) is 10.8 Å². The van der Waals surface area contributed by atoms with Gasteiger partial charge in [0.05, 0.1) is 6.20 Å². The molecule has 1 aliphatic rings. The van der Waals surface area contributed by atoms with E-state index in [1.54, 1.807) is 6.20 Å². The van der Waals surface area contributed by atoms with Gasteiger partial charge in [-0.05, 0) is 32.1 Å². The van der Waals surface area contributed by atoms with Crippen LogP contribution >= 0.6 is 0 Å². The van der Waals surface area contributed by atoms with Gasteiger partial charge in [-0.15, -0.1) is 0 Å². The highest BCUT2D eigenvalue weighted by atomic mass is 16.4. The van der Waals surface area contributed by atoms with Crippen molar-refractivity contribution in [1.29, 1.82) is 0 Å². The Morgan fingerprint density at radius 3 is 2.52 bits per heavy atom. The fourth-order valence-electron chi connectivity index (χ4n) is 2.88. The molecule has 130 valence electrons. The van der Waals surface area contributed by atoms with Crippen LogP contribution in [0.4, 0.5) is 0 Å². The molecule has 0 fully saturated rings. The van der Waals surface area contributed by atoms with E-state index in [2.05, 4.69) is 24.1 Å². The fourth-order valence-corrected chi connectivity index (χ4v) is 2.88. The minimum Gasteiger partial charge on any atom is -0.477 e. The predicted molar refractivity (Wildman–Crippen MR) is 94.7 cm³/mol. The average Bonchev–Trinajstić information content (AvgIpc) is 2.89. The number of aliphatic imine (C=N–C) groups is 1. The molecule has 23 heavy (non-hydrogen) atoms. The van der Waals surface area contributed by atoms with Crippen LogP contribution in [0.2, 0.25) is 0 Å². The number of carbonyl (C=O) groups is 1. The summed E-state index contributed by atoms with van der Waals surface area (Å²) in [5, 5.41) is 9.17. The van der Waals surface area contributed by atoms with Gasteiger partial charge in [0.25, 0.3) is 0 Å². The van der Waals surface area contributed by atoms with Crippen LogP contribution in [0.15, 0.2) is 29.5 Å². The molecule has 0 aromatic heterocycles. The van der Waals surface area contributed by atoms with Gasteiger partial charge in [0.15, 0.2) is 6.54 Å². The minimum absolute atomic E-state index is 0.0374. The summed E-state index contributed by atoms with van der Waals surface area (Å²) in [6, 6.07) is 0. The Morgan fingerprint density at radius 2 is 1.96 bits per heavy atom. The van der Waals surface area contributed by atoms with E-state index in [0.29, 0.717) is 0 Å². The van der Waals surface area contributed by atoms with Crippen LogP contribution in [0.5, 0.6) is 0 Å². The Labute approximate surface area is 140 Å². The largest absolute Gasteiger partial charge is 0.477 e. The first kappa shape index (κ1) is 19.6. The Bertz CT molecular complexity index is 455. The summed E-state index contributed by atoms with van der Waals surface area (Å²) < 4.78 is 0.155. The van der Waals surface area contributed by atoms with Crippen molar-refractivity contribution in [1.82, 2.24) is 0 Å². The molecule has 5 heteroatoms. The second-order valence-corrected chi connectivity index (χ2v) is 6.28. The monoisotopic (exact) mass is 322 g/mol. The number of unbranched alkanes of at least 4 members (excludes halogenated alkanes) is 5. The first-order valence-corrected chi connectivity index (χ1v) is 8.77. The first-order chi connectivity index (χ1) is 11.0. The van der Waals surface area contributed by atoms with Crippen LogP contribution in [0, 0.1) is 0 Å². The predicted octanol–water partition coefficient (Wildman–Crippen LogP) is 3.77. The van der Waals surface area contributed by atoms with Crippen molar-refractivity contribution in [3.8, 4) is 0 Å². The number of quaternary nitrogens is 1. The lowest BCUT2D eigenvalue weighted by Gasteiger charge is -2.34. The molecule has 0 spiro atoms. The lowest BCUT2D eigenvalue weighted by molar-refractivity contribution is -0.805. The first-order valence-electron chi connectivity index (χ1n) is 8.77. The van der Waals surface area contributed by atoms with E-state index in [1.165, 1.54) is 25.7 Å². The van der Waals surface area contributed by atoms with Gasteiger partial charge in [-0.1, -0.05) is 31.9 Å². The number of aliphatic carboxylic acids is 1. The van der Waals surface area contributed by atoms with Crippen molar-refractivity contribution in [2.24, 2.45) is 10.7 Å². The molecule has 1 rings (SSSR count). The van der Waals surface area contributed by atoms with Crippen LogP contribution in [0.25, 0.3) is 0 Å². The van der Waals surface area contributed by atoms with Gasteiger partial charge < -0.3 is 5.11 Å². The van der Waals surface area contributed by atoms with E-state index < -0.39 is 5.97 Å². The molecule has 1 heterocycles. The third-order valence-corrected chi connectivity index (χ3v) is 4.32. The summed E-state index contributed by atoms with van der Waals surface area (Å²) in [6.45, 7) is 4.02. The summed E-state index contributed by atoms with van der Waals surface area (Å²) in [4.78, 5) is 15.5. The normalized spacial score (nSPS) is 21.8. The zero-order valence-electron chi connectivity index (χ0n) is 14.6. The van der Waals surface area contributed by atoms with Crippen molar-refractivity contribution in [2.75, 3.05) is 6.54 Å². The summed E-state index contributed by atoms with van der Waals surface area (Å²) in [7, 11) is 0. The second kappa shape index (κ2) is 10.3. The van der Waals surface area contributed by atoms with Crippen LogP contribution in [-0.4, -0.2) is 34.1 Å². The molecule has 0 saturated heterocycles. The summed E-state index contributed by atoms with van der Waals surface area (Å²) in [6.07, 6.45) is 16.7. The van der Waals surface area contributed by atoms with Crippen LogP contribution in [-0.2, 0) is 4.79 Å². The molecule has 0 radical (unpaired) electrons. The maximum atomic E-state index is 11.2. The number of carboxylic acids is 1. The Kier molecular flexibility index (Phi) is 8.81. The molecule has 0 bridgehead atoms. The highest BCUT2D eigenvalue weighted by molar-refractivity contribution is 5.81. The number of nitrogens with zero attached hydrogens (tertiary/aromatic N) is 2. The summed E-state index contributed by atoms with van der Waals surface area (Å²) in [5.41, 5.74) is 6.05. The van der Waals surface area contributed by atoms with Gasteiger partial charge >= 0.3 is 5.97 Å². The minimum atomic E-state index is -0.850. The molecule has 0 amide bonds. The number of amidine groups is 1. The van der Waals surface area contributed by atoms with Crippen LogP contribution in [0.1, 0.15) is 65.2 Å². The average molecular weight is 322 g/mol. The SMILES string of the molecule is CCCCC/C=C/CCCCC1=NC=C[N+]1(CC(=O)O)C(C)N. The summed E-state index contributed by atoms with van der Waals surface area (Å²) >= 11 is 0. The van der Waals surface area contributed by atoms with Crippen molar-refractivity contribution in [3.63, 3.8) is 0 Å². The number of rotatable bonds is 12. The number of hydrogen-bond donors (Lipinski definition) is 2. The molecule has 1 aliphatic heterocycles. The molecule has 0 aromatic carbocycles. The summed E-state index contributed by atoms with van der Waals surface area (Å²) in [5.74, 6) is 0.0193. The highest BCUT2D eigenvalue weighted by Crippen LogP contribution is 2.23. The molecule has 0 aliphatic carbocycles. The van der Waals surface area contributed by atoms with Crippen molar-refractivity contribution in [3.05, 3.63) is 24.6 Å². The number of nitrogens with two attached hydrogens (primary N) is 1. The van der Waals surface area contributed by atoms with Crippen molar-refractivity contribution >= 4 is 11.8 Å². The van der Waals surface area contributed by atoms with E-state index in [9.17, 15) is 4.79 Å². The molecular weight excluding hydrogens is 290 g/mol. The second-order valence-electron chi connectivity index (χ2n) is 6.28. The fraction of sp³-hybridized carbons (Fsp3) is 0.667. The third kappa shape index (κ3) is 6.28. The number of carboxylic acid groups (broad SMARTS) is 1. The number of allylic oxidation sites excluding steroid dienone is 2. The van der Waals surface area contributed by atoms with Gasteiger partial charge in [0.2, 0.25) is 5.84 Å². The van der Waals surface area contributed by atoms with Crippen LogP contribution in [0.3, 0.4) is 0 Å². The Hall–Kier alpha value is -1.46. The number of hydrogen-bond acceptors (Lipinski definition) is 3. The van der Waals surface area contributed by atoms with Crippen LogP contribution < -0.4 is 5.73 Å². The van der Waals surface area contributed by atoms with Gasteiger partial charge in [-0.3, -0.25) is 5.73 Å². The quantitative estimate of drug-likeness (QED) is 0.326. The molecule has 0 saturated carbocycles. The lowest BCUT2D eigenvalue weighted by Crippen LogP contribution is -2.59. The van der Waals surface area contributed by atoms with Gasteiger partial charge in [-0.25, -0.2) is 14.3 Å². The highest BCUT2D eigenvalue weighted by Gasteiger charge is 2.40. The van der Waals surface area contributed by atoms with Gasteiger partial charge in [0.1, 0.15) is 12.4 Å². The van der Waals surface area contributed by atoms with Gasteiger partial charge in [0, 0.05) is 13.3 Å². The van der Waals surface area contributed by atoms with Crippen molar-refractivity contribution < 1.29 is 14.4 Å². The maximum Gasteiger partial charge on any atom is 0.360 e. The molecule has 5 nitrogen and oxygen atoms in total. The zero-order valence-corrected chi connectivity index (χ0v) is 14.6. The molecule has 0 aromatic rings. The molecule has 3 N–H and O–H groups in total. The smallest absolute Gasteiger partial charge is 0.360 e. The molecule has 2 atom stereocenters. The zero-order chi connectivity index (χ0) is 17.1. The van der Waals surface area contributed by atoms with Crippen molar-refractivity contribution in [2.45, 2.75) is 71.4 Å². The van der Waals surface area contributed by atoms with E-state index >= 15 is 0 Å². The Balaban J connectivity index is 2.35. The van der Waals surface area contributed by atoms with Gasteiger partial charge in [-0.2, -0.15) is 0 Å². The maximum absolute atomic E-state index is 11.2. The Morgan fingerprint density at radius 1 is 1.30 bits per heavy atom. The lowest BCUT2D eigenvalue weighted by atomic mass is 10.1. The molecule has 2 unspecified atom stereocenters. The molecular formula is C18H32N3O2+. The van der Waals surface area contributed by atoms with E-state index in [0.717, 1.165) is 31.5 Å². The third-order valence-electron chi connectivity index (χ3n) is 4.32.